The number of ether oxygens (including phenoxy) is 1. The number of para-hydroxylation sites is 1. The third kappa shape index (κ3) is 2.22. The third-order valence-electron chi connectivity index (χ3n) is 2.86. The fourth-order valence-electron chi connectivity index (χ4n) is 2.03. The van der Waals surface area contributed by atoms with E-state index in [1.807, 2.05) is 0 Å². The molecule has 0 aromatic heterocycles. The number of hydrogen-bond acceptors (Lipinski definition) is 2. The zero-order valence-electron chi connectivity index (χ0n) is 9.45. The summed E-state index contributed by atoms with van der Waals surface area (Å²) in [6.45, 7) is 0.516. The number of carbonyl (C=O) groups excluding carboxylic acids is 1. The van der Waals surface area contributed by atoms with Crippen molar-refractivity contribution in [3.05, 3.63) is 24.0 Å². The van der Waals surface area contributed by atoms with Crippen LogP contribution in [-0.4, -0.2) is 25.4 Å². The van der Waals surface area contributed by atoms with Crippen LogP contribution in [0, 0.1) is 11.7 Å². The smallest absolute Gasteiger partial charge is 0.227 e. The molecule has 1 aliphatic rings. The maximum absolute atomic E-state index is 13.5. The average Bonchev–Trinajstić information content (AvgIpc) is 2.70. The molecule has 3 nitrogen and oxygen atoms in total. The molecule has 17 heavy (non-hydrogen) atoms. The molecule has 5 heteroatoms. The topological polar surface area (TPSA) is 29.5 Å². The van der Waals surface area contributed by atoms with Gasteiger partial charge in [0.1, 0.15) is 0 Å². The lowest BCUT2D eigenvalue weighted by Gasteiger charge is -2.19. The van der Waals surface area contributed by atoms with Crippen molar-refractivity contribution in [2.24, 2.45) is 5.92 Å². The Morgan fingerprint density at radius 2 is 2.35 bits per heavy atom. The molecular formula is C12H13ClFNO2. The van der Waals surface area contributed by atoms with Gasteiger partial charge < -0.3 is 9.64 Å². The van der Waals surface area contributed by atoms with Crippen molar-refractivity contribution >= 4 is 23.2 Å². The Hall–Kier alpha value is -1.29. The first-order valence-corrected chi connectivity index (χ1v) is 5.89. The zero-order valence-corrected chi connectivity index (χ0v) is 10.2. The van der Waals surface area contributed by atoms with Crippen LogP contribution in [0.3, 0.4) is 0 Å². The van der Waals surface area contributed by atoms with Gasteiger partial charge in [0.25, 0.3) is 0 Å². The van der Waals surface area contributed by atoms with Crippen LogP contribution in [0.4, 0.5) is 10.1 Å². The summed E-state index contributed by atoms with van der Waals surface area (Å²) in [5.74, 6) is 0.153. The van der Waals surface area contributed by atoms with Crippen LogP contribution in [0.15, 0.2) is 18.2 Å². The summed E-state index contributed by atoms with van der Waals surface area (Å²) in [4.78, 5) is 13.3. The van der Waals surface area contributed by atoms with E-state index in [0.29, 0.717) is 24.5 Å². The predicted octanol–water partition coefficient (Wildman–Crippen LogP) is 2.43. The first-order chi connectivity index (χ1) is 8.17. The highest BCUT2D eigenvalue weighted by Crippen LogP contribution is 2.34. The van der Waals surface area contributed by atoms with E-state index in [4.69, 9.17) is 16.3 Å². The van der Waals surface area contributed by atoms with Gasteiger partial charge in [0.15, 0.2) is 11.6 Å². The first kappa shape index (κ1) is 12.2. The zero-order chi connectivity index (χ0) is 12.4. The van der Waals surface area contributed by atoms with Crippen LogP contribution in [0.5, 0.6) is 5.75 Å². The van der Waals surface area contributed by atoms with Gasteiger partial charge in [-0.15, -0.1) is 11.6 Å². The van der Waals surface area contributed by atoms with Crippen LogP contribution in [-0.2, 0) is 4.79 Å². The minimum absolute atomic E-state index is 0.0421. The van der Waals surface area contributed by atoms with Gasteiger partial charge >= 0.3 is 0 Å². The molecule has 92 valence electrons. The van der Waals surface area contributed by atoms with Crippen molar-refractivity contribution in [3.8, 4) is 5.75 Å². The number of benzene rings is 1. The molecule has 0 saturated carbocycles. The molecule has 1 amide bonds. The van der Waals surface area contributed by atoms with Gasteiger partial charge in [-0.05, 0) is 18.1 Å². The summed E-state index contributed by atoms with van der Waals surface area (Å²) in [5, 5.41) is 0. The summed E-state index contributed by atoms with van der Waals surface area (Å²) in [6.07, 6.45) is 0.406. The quantitative estimate of drug-likeness (QED) is 0.779. The monoisotopic (exact) mass is 257 g/mol. The number of anilines is 1. The van der Waals surface area contributed by atoms with Gasteiger partial charge in [0, 0.05) is 18.8 Å². The number of halogens is 2. The highest BCUT2D eigenvalue weighted by molar-refractivity contribution is 6.18. The van der Waals surface area contributed by atoms with Crippen molar-refractivity contribution in [1.82, 2.24) is 0 Å². The minimum Gasteiger partial charge on any atom is -0.492 e. The number of rotatable bonds is 3. The van der Waals surface area contributed by atoms with Crippen molar-refractivity contribution in [1.29, 1.82) is 0 Å². The Morgan fingerprint density at radius 3 is 2.94 bits per heavy atom. The number of alkyl halides is 1. The SMILES string of the molecule is COc1c(F)cccc1N1CC(CCl)CC1=O. The number of carbonyl (C=O) groups is 1. The average molecular weight is 258 g/mol. The maximum atomic E-state index is 13.5. The molecule has 0 aliphatic carbocycles. The fourth-order valence-corrected chi connectivity index (χ4v) is 2.24. The van der Waals surface area contributed by atoms with E-state index in [0.717, 1.165) is 0 Å². The van der Waals surface area contributed by atoms with Gasteiger partial charge in [0.05, 0.1) is 12.8 Å². The summed E-state index contributed by atoms with van der Waals surface area (Å²) in [5.41, 5.74) is 0.477. The number of hydrogen-bond donors (Lipinski definition) is 0. The maximum Gasteiger partial charge on any atom is 0.227 e. The molecule has 0 N–H and O–H groups in total. The molecule has 1 fully saturated rings. The molecule has 0 spiro atoms. The molecule has 1 unspecified atom stereocenters. The van der Waals surface area contributed by atoms with Gasteiger partial charge in [-0.25, -0.2) is 4.39 Å². The Morgan fingerprint density at radius 1 is 1.59 bits per heavy atom. The van der Waals surface area contributed by atoms with Crippen LogP contribution in [0.1, 0.15) is 6.42 Å². The molecule has 1 aliphatic heterocycles. The second-order valence-corrected chi connectivity index (χ2v) is 4.33. The Balaban J connectivity index is 2.34. The largest absolute Gasteiger partial charge is 0.492 e. The van der Waals surface area contributed by atoms with Crippen molar-refractivity contribution in [2.45, 2.75) is 6.42 Å². The molecule has 1 aromatic rings. The van der Waals surface area contributed by atoms with E-state index in [9.17, 15) is 9.18 Å². The van der Waals surface area contributed by atoms with E-state index >= 15 is 0 Å². The van der Waals surface area contributed by atoms with Gasteiger partial charge in [-0.1, -0.05) is 6.07 Å². The van der Waals surface area contributed by atoms with E-state index < -0.39 is 5.82 Å². The van der Waals surface area contributed by atoms with E-state index in [-0.39, 0.29) is 17.6 Å². The van der Waals surface area contributed by atoms with Crippen molar-refractivity contribution < 1.29 is 13.9 Å². The lowest BCUT2D eigenvalue weighted by molar-refractivity contribution is -0.117. The molecule has 1 heterocycles. The van der Waals surface area contributed by atoms with Crippen LogP contribution in [0.2, 0.25) is 0 Å². The second kappa shape index (κ2) is 4.92. The van der Waals surface area contributed by atoms with Crippen molar-refractivity contribution in [2.75, 3.05) is 24.4 Å². The third-order valence-corrected chi connectivity index (χ3v) is 3.30. The predicted molar refractivity (Wildman–Crippen MR) is 64.1 cm³/mol. The van der Waals surface area contributed by atoms with E-state index in [1.54, 1.807) is 12.1 Å². The molecule has 1 atom stereocenters. The molecule has 1 aromatic carbocycles. The van der Waals surface area contributed by atoms with Gasteiger partial charge in [-0.2, -0.15) is 0 Å². The molecule has 2 rings (SSSR count). The second-order valence-electron chi connectivity index (χ2n) is 4.02. The van der Waals surface area contributed by atoms with Crippen molar-refractivity contribution in [3.63, 3.8) is 0 Å². The fraction of sp³-hybridized carbons (Fsp3) is 0.417. The standard InChI is InChI=1S/C12H13ClFNO2/c1-17-12-9(14)3-2-4-10(12)15-7-8(6-13)5-11(15)16/h2-4,8H,5-7H2,1H3. The normalized spacial score (nSPS) is 19.8. The first-order valence-electron chi connectivity index (χ1n) is 5.36. The Bertz CT molecular complexity index is 439. The lowest BCUT2D eigenvalue weighted by atomic mass is 10.1. The number of nitrogens with zero attached hydrogens (tertiary/aromatic N) is 1. The highest BCUT2D eigenvalue weighted by Gasteiger charge is 2.32. The van der Waals surface area contributed by atoms with Gasteiger partial charge in [-0.3, -0.25) is 4.79 Å². The number of amides is 1. The summed E-state index contributed by atoms with van der Waals surface area (Å²) in [6, 6.07) is 4.55. The van der Waals surface area contributed by atoms with Crippen LogP contribution in [0.25, 0.3) is 0 Å². The molecule has 1 saturated heterocycles. The summed E-state index contributed by atoms with van der Waals surface area (Å²) < 4.78 is 18.5. The van der Waals surface area contributed by atoms with Crippen LogP contribution < -0.4 is 9.64 Å². The number of methoxy groups -OCH3 is 1. The van der Waals surface area contributed by atoms with E-state index in [2.05, 4.69) is 0 Å². The van der Waals surface area contributed by atoms with Gasteiger partial charge in [0.2, 0.25) is 5.91 Å². The molecular weight excluding hydrogens is 245 g/mol. The summed E-state index contributed by atoms with van der Waals surface area (Å²) in [7, 11) is 1.39. The summed E-state index contributed by atoms with van der Waals surface area (Å²) >= 11 is 5.75. The highest BCUT2D eigenvalue weighted by atomic mass is 35.5. The minimum atomic E-state index is -0.466. The lowest BCUT2D eigenvalue weighted by Crippen LogP contribution is -2.25. The van der Waals surface area contributed by atoms with E-state index in [1.165, 1.54) is 18.1 Å². The Labute approximate surface area is 104 Å². The Kier molecular flexibility index (Phi) is 3.52. The molecule has 0 bridgehead atoms. The van der Waals surface area contributed by atoms with Crippen LogP contribution >= 0.6 is 11.6 Å². The molecule has 0 radical (unpaired) electrons.